The number of nitrogens with two attached hydrogens (primary N) is 1. The molecule has 2 aromatic carbocycles. The summed E-state index contributed by atoms with van der Waals surface area (Å²) in [7, 11) is 0. The maximum absolute atomic E-state index is 13.0. The van der Waals surface area contributed by atoms with Crippen molar-refractivity contribution < 1.29 is 9.59 Å². The zero-order valence-electron chi connectivity index (χ0n) is 18.7. The molecule has 7 nitrogen and oxygen atoms in total. The van der Waals surface area contributed by atoms with Gasteiger partial charge in [0.1, 0.15) is 0 Å². The third kappa shape index (κ3) is 4.37. The van der Waals surface area contributed by atoms with Crippen molar-refractivity contribution in [2.24, 2.45) is 5.73 Å². The van der Waals surface area contributed by atoms with Gasteiger partial charge >= 0.3 is 0 Å². The molecule has 1 aliphatic heterocycles. The largest absolute Gasteiger partial charge is 0.337 e. The summed E-state index contributed by atoms with van der Waals surface area (Å²) in [4.78, 5) is 28.4. The first-order chi connectivity index (χ1) is 16.5. The lowest BCUT2D eigenvalue weighted by Gasteiger charge is -2.17. The summed E-state index contributed by atoms with van der Waals surface area (Å²) in [5.74, 6) is -0.273. The van der Waals surface area contributed by atoms with Gasteiger partial charge < -0.3 is 16.0 Å². The van der Waals surface area contributed by atoms with Gasteiger partial charge in [-0.3, -0.25) is 14.7 Å². The number of para-hydroxylation sites is 1. The van der Waals surface area contributed by atoms with Crippen molar-refractivity contribution in [3.63, 3.8) is 0 Å². The molecule has 1 unspecified atom stereocenters. The van der Waals surface area contributed by atoms with Gasteiger partial charge in [-0.1, -0.05) is 30.3 Å². The van der Waals surface area contributed by atoms with Gasteiger partial charge in [0.05, 0.1) is 16.1 Å². The van der Waals surface area contributed by atoms with E-state index in [1.54, 1.807) is 17.0 Å². The van der Waals surface area contributed by atoms with E-state index in [1.807, 2.05) is 60.9 Å². The zero-order chi connectivity index (χ0) is 23.7. The highest BCUT2D eigenvalue weighted by Gasteiger charge is 2.25. The molecule has 1 saturated heterocycles. The number of rotatable bonds is 5. The third-order valence-corrected chi connectivity index (χ3v) is 7.06. The fourth-order valence-corrected chi connectivity index (χ4v) is 4.98. The molecular weight excluding hydrogens is 446 g/mol. The number of hydrogen-bond acceptors (Lipinski definition) is 5. The summed E-state index contributed by atoms with van der Waals surface area (Å²) in [6.07, 6.45) is 4.60. The van der Waals surface area contributed by atoms with Crippen LogP contribution in [0.1, 0.15) is 43.3 Å². The van der Waals surface area contributed by atoms with E-state index in [1.165, 1.54) is 11.3 Å². The minimum Gasteiger partial charge on any atom is -0.337 e. The fourth-order valence-electron chi connectivity index (χ4n) is 4.16. The summed E-state index contributed by atoms with van der Waals surface area (Å²) in [6, 6.07) is 15.2. The number of thiophene rings is 1. The lowest BCUT2D eigenvalue weighted by Crippen LogP contribution is -2.31. The van der Waals surface area contributed by atoms with E-state index in [9.17, 15) is 9.59 Å². The average molecular weight is 472 g/mol. The summed E-state index contributed by atoms with van der Waals surface area (Å²) < 4.78 is 0. The molecule has 4 aromatic rings. The van der Waals surface area contributed by atoms with E-state index in [-0.39, 0.29) is 17.9 Å². The number of aryl methyl sites for hydroxylation is 1. The quantitative estimate of drug-likeness (QED) is 0.398. The van der Waals surface area contributed by atoms with E-state index >= 15 is 0 Å². The molecule has 0 aliphatic carbocycles. The van der Waals surface area contributed by atoms with E-state index in [0.29, 0.717) is 29.2 Å². The molecule has 2 amide bonds. The lowest BCUT2D eigenvalue weighted by atomic mass is 10.1. The predicted molar refractivity (Wildman–Crippen MR) is 137 cm³/mol. The number of amides is 2. The molecular formula is C26H25N5O2S. The van der Waals surface area contributed by atoms with Crippen LogP contribution in [-0.2, 0) is 0 Å². The third-order valence-electron chi connectivity index (χ3n) is 6.05. The first-order valence-electron chi connectivity index (χ1n) is 11.1. The second kappa shape index (κ2) is 9.24. The Morgan fingerprint density at radius 1 is 1.21 bits per heavy atom. The van der Waals surface area contributed by atoms with Gasteiger partial charge in [0.2, 0.25) is 0 Å². The molecule has 0 radical (unpaired) electrons. The van der Waals surface area contributed by atoms with Crippen molar-refractivity contribution in [3.05, 3.63) is 81.2 Å². The van der Waals surface area contributed by atoms with Crippen molar-refractivity contribution in [1.82, 2.24) is 15.1 Å². The highest BCUT2D eigenvalue weighted by atomic mass is 32.1. The maximum atomic E-state index is 13.0. The number of fused-ring (bicyclic) bond motifs is 1. The van der Waals surface area contributed by atoms with E-state index in [0.717, 1.165) is 34.1 Å². The van der Waals surface area contributed by atoms with Crippen LogP contribution in [0.5, 0.6) is 0 Å². The summed E-state index contributed by atoms with van der Waals surface area (Å²) in [5, 5.41) is 13.3. The molecule has 1 fully saturated rings. The molecule has 5 rings (SSSR count). The van der Waals surface area contributed by atoms with Crippen molar-refractivity contribution in [1.29, 1.82) is 0 Å². The van der Waals surface area contributed by atoms with Crippen LogP contribution >= 0.6 is 11.3 Å². The Kier molecular flexibility index (Phi) is 6.00. The monoisotopic (exact) mass is 471 g/mol. The number of aromatic nitrogens is 2. The number of nitrogens with one attached hydrogen (secondary N) is 2. The van der Waals surface area contributed by atoms with Gasteiger partial charge in [-0.2, -0.15) is 5.10 Å². The first kappa shape index (κ1) is 22.1. The summed E-state index contributed by atoms with van der Waals surface area (Å²) >= 11 is 1.39. The second-order valence-corrected chi connectivity index (χ2v) is 9.39. The maximum Gasteiger partial charge on any atom is 0.266 e. The standard InChI is InChI=1S/C26H25N5O2S/c1-16-11-13-34-24(16)25(32)28-23-14-18(26(33)31-12-10-19(27)15-31)7-6-17(23)8-9-22-20-4-2-3-5-21(20)29-30-22/h2-9,11,13-14,19H,10,12,15,27H2,1H3,(H,28,32)(H,29,30)/b9-8+. The molecule has 8 heteroatoms. The van der Waals surface area contributed by atoms with Gasteiger partial charge in [-0.25, -0.2) is 0 Å². The molecule has 1 atom stereocenters. The first-order valence-corrected chi connectivity index (χ1v) is 12.0. The van der Waals surface area contributed by atoms with Crippen LogP contribution in [0.15, 0.2) is 53.9 Å². The summed E-state index contributed by atoms with van der Waals surface area (Å²) in [5.41, 5.74) is 10.5. The van der Waals surface area contributed by atoms with Crippen molar-refractivity contribution in [2.75, 3.05) is 18.4 Å². The number of carbonyl (C=O) groups is 2. The highest BCUT2D eigenvalue weighted by molar-refractivity contribution is 7.12. The Morgan fingerprint density at radius 2 is 2.06 bits per heavy atom. The Hall–Kier alpha value is -3.75. The average Bonchev–Trinajstić information content (AvgIpc) is 3.57. The molecule has 3 heterocycles. The number of carbonyl (C=O) groups excluding carboxylic acids is 2. The van der Waals surface area contributed by atoms with Crippen molar-refractivity contribution in [2.45, 2.75) is 19.4 Å². The number of likely N-dealkylation sites (tertiary alicyclic amines) is 1. The van der Waals surface area contributed by atoms with Crippen LogP contribution in [0.2, 0.25) is 0 Å². The molecule has 4 N–H and O–H groups in total. The topological polar surface area (TPSA) is 104 Å². The Morgan fingerprint density at radius 3 is 2.82 bits per heavy atom. The second-order valence-electron chi connectivity index (χ2n) is 8.48. The number of nitrogens with zero attached hydrogens (tertiary/aromatic N) is 2. The highest BCUT2D eigenvalue weighted by Crippen LogP contribution is 2.26. The van der Waals surface area contributed by atoms with E-state index < -0.39 is 0 Å². The van der Waals surface area contributed by atoms with Gasteiger partial charge in [0.15, 0.2) is 0 Å². The molecule has 34 heavy (non-hydrogen) atoms. The SMILES string of the molecule is Cc1ccsc1C(=O)Nc1cc(C(=O)N2CCC(N)C2)ccc1/C=C/c1n[nH]c2ccccc12. The lowest BCUT2D eigenvalue weighted by molar-refractivity contribution is 0.0790. The van der Waals surface area contributed by atoms with Crippen LogP contribution in [0.4, 0.5) is 5.69 Å². The minimum atomic E-state index is -0.194. The Balaban J connectivity index is 1.48. The van der Waals surface area contributed by atoms with Crippen molar-refractivity contribution in [3.8, 4) is 0 Å². The van der Waals surface area contributed by atoms with Crippen LogP contribution in [0, 0.1) is 6.92 Å². The van der Waals surface area contributed by atoms with Crippen LogP contribution in [-0.4, -0.2) is 46.0 Å². The van der Waals surface area contributed by atoms with Gasteiger partial charge in [-0.15, -0.1) is 11.3 Å². The van der Waals surface area contributed by atoms with E-state index in [2.05, 4.69) is 15.5 Å². The number of hydrogen-bond donors (Lipinski definition) is 3. The molecule has 0 saturated carbocycles. The molecule has 172 valence electrons. The van der Waals surface area contributed by atoms with Gasteiger partial charge in [-0.05, 0) is 60.2 Å². The number of H-pyrrole nitrogens is 1. The molecule has 1 aliphatic rings. The van der Waals surface area contributed by atoms with Crippen LogP contribution < -0.4 is 11.1 Å². The summed E-state index contributed by atoms with van der Waals surface area (Å²) in [6.45, 7) is 3.10. The zero-order valence-corrected chi connectivity index (χ0v) is 19.6. The normalized spacial score (nSPS) is 15.9. The Labute approximate surface area is 201 Å². The number of anilines is 1. The van der Waals surface area contributed by atoms with Crippen molar-refractivity contribution >= 4 is 51.9 Å². The number of aromatic amines is 1. The molecule has 0 spiro atoms. The smallest absolute Gasteiger partial charge is 0.266 e. The Bertz CT molecular complexity index is 1400. The van der Waals surface area contributed by atoms with Gasteiger partial charge in [0, 0.05) is 35.8 Å². The minimum absolute atomic E-state index is 0.0100. The molecule has 2 aromatic heterocycles. The van der Waals surface area contributed by atoms with Gasteiger partial charge in [0.25, 0.3) is 11.8 Å². The number of benzene rings is 2. The molecule has 0 bridgehead atoms. The van der Waals surface area contributed by atoms with E-state index in [4.69, 9.17) is 5.73 Å². The van der Waals surface area contributed by atoms with Crippen LogP contribution in [0.25, 0.3) is 23.1 Å². The fraction of sp³-hybridized carbons (Fsp3) is 0.192. The van der Waals surface area contributed by atoms with Crippen LogP contribution in [0.3, 0.4) is 0 Å². The predicted octanol–water partition coefficient (Wildman–Crippen LogP) is 4.53.